The number of ether oxygens (including phenoxy) is 1. The molecule has 0 aromatic heterocycles. The van der Waals surface area contributed by atoms with Gasteiger partial charge in [-0.05, 0) is 6.92 Å². The van der Waals surface area contributed by atoms with Crippen molar-refractivity contribution in [3.8, 4) is 0 Å². The topological polar surface area (TPSA) is 61.8 Å². The van der Waals surface area contributed by atoms with E-state index in [1.54, 1.807) is 6.92 Å². The Balaban J connectivity index is 2.40. The summed E-state index contributed by atoms with van der Waals surface area (Å²) in [6.45, 7) is 7.51. The van der Waals surface area contributed by atoms with Gasteiger partial charge in [-0.15, -0.1) is 0 Å². The fraction of sp³-hybridized carbons (Fsp3) is 0.667. The summed E-state index contributed by atoms with van der Waals surface area (Å²) >= 11 is -1.67. The lowest BCUT2D eigenvalue weighted by Crippen LogP contribution is -2.39. The van der Waals surface area contributed by atoms with E-state index in [9.17, 15) is 9.00 Å². The lowest BCUT2D eigenvalue weighted by molar-refractivity contribution is -0.144. The van der Waals surface area contributed by atoms with Crippen molar-refractivity contribution in [2.24, 2.45) is 5.41 Å². The molecule has 86 valence electrons. The molecule has 0 aromatic carbocycles. The van der Waals surface area contributed by atoms with Crippen LogP contribution in [0.25, 0.3) is 0 Å². The first-order valence-corrected chi connectivity index (χ1v) is 5.44. The number of hydrogen-bond acceptors (Lipinski definition) is 5. The molecule has 0 aliphatic carbocycles. The van der Waals surface area contributed by atoms with Gasteiger partial charge in [0, 0.05) is 5.57 Å². The summed E-state index contributed by atoms with van der Waals surface area (Å²) in [6, 6.07) is 0. The lowest BCUT2D eigenvalue weighted by atomic mass is 9.94. The monoisotopic (exact) mass is 234 g/mol. The molecule has 0 N–H and O–H groups in total. The van der Waals surface area contributed by atoms with Crippen molar-refractivity contribution in [1.82, 2.24) is 0 Å². The van der Waals surface area contributed by atoms with E-state index in [-0.39, 0.29) is 19.8 Å². The standard InChI is InChI=1S/C9H14O5S/c1-7(2)8(10)12-4-9(3)5-13-15(11)14-6-9/h1,4-6H2,2-3H3. The van der Waals surface area contributed by atoms with E-state index in [4.69, 9.17) is 13.1 Å². The van der Waals surface area contributed by atoms with E-state index >= 15 is 0 Å². The van der Waals surface area contributed by atoms with Crippen molar-refractivity contribution >= 4 is 17.3 Å². The Bertz CT molecular complexity index is 289. The van der Waals surface area contributed by atoms with Crippen LogP contribution in [0.1, 0.15) is 13.8 Å². The summed E-state index contributed by atoms with van der Waals surface area (Å²) < 4.78 is 25.4. The molecule has 0 atom stereocenters. The summed E-state index contributed by atoms with van der Waals surface area (Å²) in [4.78, 5) is 11.1. The van der Waals surface area contributed by atoms with Crippen LogP contribution in [0.2, 0.25) is 0 Å². The lowest BCUT2D eigenvalue weighted by Gasteiger charge is -2.30. The van der Waals surface area contributed by atoms with Gasteiger partial charge in [0.1, 0.15) is 6.61 Å². The normalized spacial score (nSPS) is 30.9. The third-order valence-corrected chi connectivity index (χ3v) is 2.53. The van der Waals surface area contributed by atoms with Crippen molar-refractivity contribution in [3.63, 3.8) is 0 Å². The van der Waals surface area contributed by atoms with Crippen LogP contribution in [0, 0.1) is 5.41 Å². The van der Waals surface area contributed by atoms with E-state index in [1.165, 1.54) is 0 Å². The van der Waals surface area contributed by atoms with Crippen molar-refractivity contribution in [1.29, 1.82) is 0 Å². The second kappa shape index (κ2) is 4.87. The fourth-order valence-corrected chi connectivity index (χ4v) is 1.73. The van der Waals surface area contributed by atoms with Gasteiger partial charge < -0.3 is 4.74 Å². The van der Waals surface area contributed by atoms with Gasteiger partial charge in [0.05, 0.1) is 18.6 Å². The van der Waals surface area contributed by atoms with Crippen molar-refractivity contribution in [2.45, 2.75) is 13.8 Å². The Kier molecular flexibility index (Phi) is 4.01. The first-order chi connectivity index (χ1) is 6.93. The first-order valence-electron chi connectivity index (χ1n) is 4.44. The summed E-state index contributed by atoms with van der Waals surface area (Å²) in [5.74, 6) is -0.442. The van der Waals surface area contributed by atoms with E-state index < -0.39 is 22.7 Å². The van der Waals surface area contributed by atoms with Gasteiger partial charge >= 0.3 is 17.3 Å². The molecule has 0 saturated carbocycles. The minimum absolute atomic E-state index is 0.163. The predicted molar refractivity (Wildman–Crippen MR) is 53.9 cm³/mol. The molecule has 0 spiro atoms. The molecule has 0 amide bonds. The Morgan fingerprint density at radius 2 is 2.07 bits per heavy atom. The fourth-order valence-electron chi connectivity index (χ4n) is 0.903. The number of carbonyl (C=O) groups excluding carboxylic acids is 1. The molecule has 1 rings (SSSR count). The molecule has 5 nitrogen and oxygen atoms in total. The molecule has 1 aliphatic rings. The average Bonchev–Trinajstić information content (AvgIpc) is 2.19. The number of carbonyl (C=O) groups is 1. The Morgan fingerprint density at radius 1 is 1.53 bits per heavy atom. The van der Waals surface area contributed by atoms with Crippen LogP contribution in [0.15, 0.2) is 12.2 Å². The van der Waals surface area contributed by atoms with Crippen molar-refractivity contribution in [3.05, 3.63) is 12.2 Å². The molecule has 1 fully saturated rings. The van der Waals surface area contributed by atoms with E-state index in [2.05, 4.69) is 6.58 Å². The summed E-state index contributed by atoms with van der Waals surface area (Å²) in [7, 11) is 0. The van der Waals surface area contributed by atoms with Crippen LogP contribution >= 0.6 is 0 Å². The number of rotatable bonds is 3. The zero-order chi connectivity index (χ0) is 11.5. The third-order valence-electron chi connectivity index (χ3n) is 1.91. The maximum Gasteiger partial charge on any atom is 0.333 e. The van der Waals surface area contributed by atoms with Crippen molar-refractivity contribution < 1.29 is 22.1 Å². The van der Waals surface area contributed by atoms with Crippen LogP contribution in [-0.4, -0.2) is 30.0 Å². The van der Waals surface area contributed by atoms with Gasteiger partial charge in [0.25, 0.3) is 0 Å². The van der Waals surface area contributed by atoms with E-state index in [0.717, 1.165) is 0 Å². The first kappa shape index (κ1) is 12.4. The zero-order valence-electron chi connectivity index (χ0n) is 8.78. The van der Waals surface area contributed by atoms with Crippen molar-refractivity contribution in [2.75, 3.05) is 19.8 Å². The van der Waals surface area contributed by atoms with Crippen LogP contribution in [0.5, 0.6) is 0 Å². The molecule has 0 aromatic rings. The zero-order valence-corrected chi connectivity index (χ0v) is 9.59. The van der Waals surface area contributed by atoms with Gasteiger partial charge in [0.15, 0.2) is 0 Å². The van der Waals surface area contributed by atoms with Gasteiger partial charge in [0.2, 0.25) is 0 Å². The Labute approximate surface area is 91.3 Å². The summed E-state index contributed by atoms with van der Waals surface area (Å²) in [6.07, 6.45) is 0. The van der Waals surface area contributed by atoms with Gasteiger partial charge in [-0.25, -0.2) is 4.79 Å². The highest BCUT2D eigenvalue weighted by Crippen LogP contribution is 2.23. The second-order valence-electron chi connectivity index (χ2n) is 3.90. The van der Waals surface area contributed by atoms with Gasteiger partial charge in [-0.1, -0.05) is 13.5 Å². The number of hydrogen-bond donors (Lipinski definition) is 0. The molecule has 0 unspecified atom stereocenters. The summed E-state index contributed by atoms with van der Waals surface area (Å²) in [5.41, 5.74) is -0.0984. The number of esters is 1. The Morgan fingerprint density at radius 3 is 2.53 bits per heavy atom. The molecule has 1 saturated heterocycles. The smallest absolute Gasteiger partial charge is 0.333 e. The highest BCUT2D eigenvalue weighted by atomic mass is 32.2. The molecule has 0 bridgehead atoms. The molecular weight excluding hydrogens is 220 g/mol. The van der Waals surface area contributed by atoms with Gasteiger partial charge in [-0.2, -0.15) is 4.21 Å². The minimum Gasteiger partial charge on any atom is -0.462 e. The SMILES string of the molecule is C=C(C)C(=O)OCC1(C)COS(=O)OC1. The average molecular weight is 234 g/mol. The maximum absolute atomic E-state index is 11.1. The van der Waals surface area contributed by atoms with Crippen LogP contribution in [0.3, 0.4) is 0 Å². The highest BCUT2D eigenvalue weighted by Gasteiger charge is 2.33. The summed E-state index contributed by atoms with van der Waals surface area (Å²) in [5, 5.41) is 0. The third kappa shape index (κ3) is 3.73. The Hall–Kier alpha value is -0.720. The van der Waals surface area contributed by atoms with Gasteiger partial charge in [-0.3, -0.25) is 8.37 Å². The predicted octanol–water partition coefficient (Wildman–Crippen LogP) is 0.738. The molecule has 1 aliphatic heterocycles. The largest absolute Gasteiger partial charge is 0.462 e. The van der Waals surface area contributed by atoms with Crippen LogP contribution in [-0.2, 0) is 29.3 Å². The molecule has 6 heteroatoms. The maximum atomic E-state index is 11.1. The van der Waals surface area contributed by atoms with E-state index in [0.29, 0.717) is 5.57 Å². The second-order valence-corrected chi connectivity index (χ2v) is 4.78. The minimum atomic E-state index is -1.67. The van der Waals surface area contributed by atoms with Crippen LogP contribution in [0.4, 0.5) is 0 Å². The molecule has 1 heterocycles. The molecule has 15 heavy (non-hydrogen) atoms. The van der Waals surface area contributed by atoms with E-state index in [1.807, 2.05) is 6.92 Å². The highest BCUT2D eigenvalue weighted by molar-refractivity contribution is 7.75. The molecular formula is C9H14O5S. The molecule has 0 radical (unpaired) electrons. The quantitative estimate of drug-likeness (QED) is 0.532. The van der Waals surface area contributed by atoms with Crippen LogP contribution < -0.4 is 0 Å².